The first-order chi connectivity index (χ1) is 3.43. The molecule has 0 saturated heterocycles. The van der Waals surface area contributed by atoms with Crippen LogP contribution >= 0.6 is 12.0 Å². The van der Waals surface area contributed by atoms with Crippen LogP contribution in [0.3, 0.4) is 0 Å². The third-order valence-electron chi connectivity index (χ3n) is 0.560. The zero-order valence-corrected chi connectivity index (χ0v) is 4.27. The van der Waals surface area contributed by atoms with Crippen molar-refractivity contribution in [2.24, 2.45) is 0 Å². The van der Waals surface area contributed by atoms with Crippen LogP contribution in [0.25, 0.3) is 0 Å². The van der Waals surface area contributed by atoms with Gasteiger partial charge < -0.3 is 9.54 Å². The first-order valence-corrected chi connectivity index (χ1v) is 2.51. The molecule has 3 nitrogen and oxygen atoms in total. The normalized spacial score (nSPS) is 9.29. The van der Waals surface area contributed by atoms with Gasteiger partial charge in [-0.1, -0.05) is 0 Å². The maximum absolute atomic E-state index is 8.25. The molecule has 0 aromatic carbocycles. The summed E-state index contributed by atoms with van der Waals surface area (Å²) in [6.07, 6.45) is 3.23. The Morgan fingerprint density at radius 1 is 1.86 bits per heavy atom. The minimum absolute atomic E-state index is 0.528. The predicted molar refractivity (Wildman–Crippen MR) is 27.1 cm³/mol. The smallest absolute Gasteiger partial charge is 0.192 e. The molecule has 0 amide bonds. The molecule has 0 spiro atoms. The molecule has 7 heavy (non-hydrogen) atoms. The third kappa shape index (κ3) is 0.942. The number of nitrogens with one attached hydrogen (secondary N) is 1. The molecular formula is C3H4N2OS. The lowest BCUT2D eigenvalue weighted by Gasteiger charge is -1.77. The van der Waals surface area contributed by atoms with Gasteiger partial charge in [-0.05, 0) is 0 Å². The molecule has 1 heterocycles. The monoisotopic (exact) mass is 116 g/mol. The molecule has 0 aliphatic rings. The van der Waals surface area contributed by atoms with E-state index in [4.69, 9.17) is 4.55 Å². The Bertz CT molecular complexity index is 127. The standard InChI is InChI=1S/C3H4N2OS/c6-7-3-4-1-2-5-3/h1-2,6H,(H,4,5). The second-order valence-corrected chi connectivity index (χ2v) is 1.55. The summed E-state index contributed by atoms with van der Waals surface area (Å²) in [5.41, 5.74) is 0. The Hall–Kier alpha value is -0.480. The van der Waals surface area contributed by atoms with Crippen molar-refractivity contribution in [2.75, 3.05) is 0 Å². The molecular weight excluding hydrogens is 112 g/mol. The van der Waals surface area contributed by atoms with Crippen LogP contribution in [0.5, 0.6) is 0 Å². The van der Waals surface area contributed by atoms with Crippen molar-refractivity contribution in [1.29, 1.82) is 0 Å². The Labute approximate surface area is 45.0 Å². The number of aromatic amines is 1. The fraction of sp³-hybridized carbons (Fsp3) is 0. The van der Waals surface area contributed by atoms with E-state index in [2.05, 4.69) is 9.97 Å². The lowest BCUT2D eigenvalue weighted by molar-refractivity contribution is 0.656. The number of rotatable bonds is 1. The topological polar surface area (TPSA) is 48.9 Å². The van der Waals surface area contributed by atoms with E-state index in [0.29, 0.717) is 17.2 Å². The molecule has 0 aliphatic carbocycles. The SMILES string of the molecule is OSc1ncc[nH]1. The van der Waals surface area contributed by atoms with Crippen molar-refractivity contribution in [3.05, 3.63) is 12.4 Å². The lowest BCUT2D eigenvalue weighted by Crippen LogP contribution is -1.66. The fourth-order valence-electron chi connectivity index (χ4n) is 0.301. The summed E-state index contributed by atoms with van der Waals surface area (Å²) in [6, 6.07) is 0. The van der Waals surface area contributed by atoms with Crippen molar-refractivity contribution in [3.8, 4) is 0 Å². The van der Waals surface area contributed by atoms with Gasteiger partial charge in [0.15, 0.2) is 5.16 Å². The van der Waals surface area contributed by atoms with Crippen LogP contribution in [-0.4, -0.2) is 14.5 Å². The number of imidazole rings is 1. The average molecular weight is 116 g/mol. The quantitative estimate of drug-likeness (QED) is 0.537. The molecule has 1 rings (SSSR count). The molecule has 4 heteroatoms. The van der Waals surface area contributed by atoms with Crippen molar-refractivity contribution in [3.63, 3.8) is 0 Å². The van der Waals surface area contributed by atoms with Crippen LogP contribution in [0.15, 0.2) is 17.6 Å². The van der Waals surface area contributed by atoms with E-state index >= 15 is 0 Å². The molecule has 0 fully saturated rings. The molecule has 1 aromatic rings. The molecule has 38 valence electrons. The number of aromatic nitrogens is 2. The van der Waals surface area contributed by atoms with E-state index in [1.165, 1.54) is 0 Å². The Morgan fingerprint density at radius 2 is 2.71 bits per heavy atom. The molecule has 0 aliphatic heterocycles. The van der Waals surface area contributed by atoms with Gasteiger partial charge in [0.05, 0.1) is 12.0 Å². The summed E-state index contributed by atoms with van der Waals surface area (Å²) in [4.78, 5) is 6.38. The van der Waals surface area contributed by atoms with Gasteiger partial charge in [-0.3, -0.25) is 0 Å². The summed E-state index contributed by atoms with van der Waals surface area (Å²) >= 11 is 0.609. The highest BCUT2D eigenvalue weighted by atomic mass is 32.2. The first-order valence-electron chi connectivity index (χ1n) is 1.74. The van der Waals surface area contributed by atoms with E-state index in [-0.39, 0.29) is 0 Å². The number of hydrogen-bond acceptors (Lipinski definition) is 3. The highest BCUT2D eigenvalue weighted by Gasteiger charge is 1.86. The maximum atomic E-state index is 8.25. The highest BCUT2D eigenvalue weighted by molar-refractivity contribution is 7.93. The Morgan fingerprint density at radius 3 is 3.00 bits per heavy atom. The predicted octanol–water partition coefficient (Wildman–Crippen LogP) is 0.975. The second-order valence-electron chi connectivity index (χ2n) is 0.986. The van der Waals surface area contributed by atoms with Gasteiger partial charge in [0, 0.05) is 12.4 Å². The van der Waals surface area contributed by atoms with Gasteiger partial charge in [0.1, 0.15) is 0 Å². The fourth-order valence-corrected chi connectivity index (χ4v) is 0.529. The largest absolute Gasteiger partial charge is 0.338 e. The van der Waals surface area contributed by atoms with Crippen LogP contribution in [0.4, 0.5) is 0 Å². The Kier molecular flexibility index (Phi) is 1.33. The molecule has 0 radical (unpaired) electrons. The van der Waals surface area contributed by atoms with Gasteiger partial charge in [0.2, 0.25) is 0 Å². The maximum Gasteiger partial charge on any atom is 0.192 e. The summed E-state index contributed by atoms with van der Waals surface area (Å²) in [7, 11) is 0. The molecule has 0 unspecified atom stereocenters. The van der Waals surface area contributed by atoms with Crippen molar-refractivity contribution in [2.45, 2.75) is 5.16 Å². The van der Waals surface area contributed by atoms with E-state index in [1.54, 1.807) is 12.4 Å². The summed E-state index contributed by atoms with van der Waals surface area (Å²) in [5.74, 6) is 0. The van der Waals surface area contributed by atoms with Gasteiger partial charge in [-0.2, -0.15) is 0 Å². The molecule has 1 aromatic heterocycles. The second kappa shape index (κ2) is 1.99. The number of hydrogen-bond donors (Lipinski definition) is 2. The molecule has 2 N–H and O–H groups in total. The van der Waals surface area contributed by atoms with E-state index < -0.39 is 0 Å². The molecule has 0 atom stereocenters. The highest BCUT2D eigenvalue weighted by Crippen LogP contribution is 2.03. The van der Waals surface area contributed by atoms with Crippen LogP contribution in [0.2, 0.25) is 0 Å². The van der Waals surface area contributed by atoms with E-state index in [1.807, 2.05) is 0 Å². The number of H-pyrrole nitrogens is 1. The van der Waals surface area contributed by atoms with Crippen molar-refractivity contribution in [1.82, 2.24) is 9.97 Å². The minimum Gasteiger partial charge on any atom is -0.338 e. The van der Waals surface area contributed by atoms with E-state index in [9.17, 15) is 0 Å². The zero-order chi connectivity index (χ0) is 5.11. The van der Waals surface area contributed by atoms with E-state index in [0.717, 1.165) is 0 Å². The van der Waals surface area contributed by atoms with Gasteiger partial charge >= 0.3 is 0 Å². The van der Waals surface area contributed by atoms with Crippen molar-refractivity contribution >= 4 is 12.0 Å². The van der Waals surface area contributed by atoms with Crippen molar-refractivity contribution < 1.29 is 4.55 Å². The van der Waals surface area contributed by atoms with Gasteiger partial charge in [-0.25, -0.2) is 4.98 Å². The summed E-state index contributed by atoms with van der Waals surface area (Å²) in [5, 5.41) is 0.528. The van der Waals surface area contributed by atoms with Crippen LogP contribution in [0, 0.1) is 0 Å². The summed E-state index contributed by atoms with van der Waals surface area (Å²) in [6.45, 7) is 0. The van der Waals surface area contributed by atoms with Crippen LogP contribution in [-0.2, 0) is 0 Å². The zero-order valence-electron chi connectivity index (χ0n) is 3.46. The van der Waals surface area contributed by atoms with Crippen LogP contribution < -0.4 is 0 Å². The van der Waals surface area contributed by atoms with Crippen LogP contribution in [0.1, 0.15) is 0 Å². The summed E-state index contributed by atoms with van der Waals surface area (Å²) < 4.78 is 8.25. The van der Waals surface area contributed by atoms with Gasteiger partial charge in [0.25, 0.3) is 0 Å². The number of nitrogens with zero attached hydrogens (tertiary/aromatic N) is 1. The minimum atomic E-state index is 0.528. The molecule has 0 saturated carbocycles. The third-order valence-corrected chi connectivity index (χ3v) is 0.956. The Balaban J connectivity index is 2.76. The lowest BCUT2D eigenvalue weighted by atomic mass is 11.0. The van der Waals surface area contributed by atoms with Gasteiger partial charge in [-0.15, -0.1) is 0 Å². The molecule has 0 bridgehead atoms. The average Bonchev–Trinajstić information content (AvgIpc) is 2.14. The first kappa shape index (κ1) is 4.67.